The van der Waals surface area contributed by atoms with Crippen molar-refractivity contribution in [3.8, 4) is 0 Å². The van der Waals surface area contributed by atoms with Crippen molar-refractivity contribution in [1.29, 1.82) is 0 Å². The van der Waals surface area contributed by atoms with Crippen molar-refractivity contribution < 1.29 is 14.7 Å². The Morgan fingerprint density at radius 3 is 2.75 bits per heavy atom. The fraction of sp³-hybridized carbons (Fsp3) is 0.500. The zero-order valence-corrected chi connectivity index (χ0v) is 12.2. The van der Waals surface area contributed by atoms with Crippen LogP contribution in [0.1, 0.15) is 24.2 Å². The molecule has 0 aliphatic carbocycles. The van der Waals surface area contributed by atoms with Gasteiger partial charge in [-0.2, -0.15) is 0 Å². The minimum Gasteiger partial charge on any atom is -0.480 e. The van der Waals surface area contributed by atoms with Gasteiger partial charge in [0.15, 0.2) is 5.16 Å². The summed E-state index contributed by atoms with van der Waals surface area (Å²) in [6, 6.07) is 0. The average molecular weight is 297 g/mol. The molecule has 2 rings (SSSR count). The first-order chi connectivity index (χ1) is 9.26. The number of fused-ring (bicyclic) bond motifs is 1. The van der Waals surface area contributed by atoms with E-state index in [9.17, 15) is 14.4 Å². The van der Waals surface area contributed by atoms with E-state index in [-0.39, 0.29) is 5.56 Å². The van der Waals surface area contributed by atoms with Gasteiger partial charge in [-0.3, -0.25) is 14.2 Å². The fourth-order valence-corrected chi connectivity index (χ4v) is 2.66. The monoisotopic (exact) mass is 297 g/mol. The molecule has 0 fully saturated rings. The highest BCUT2D eigenvalue weighted by atomic mass is 32.2. The second-order valence-electron chi connectivity index (χ2n) is 4.99. The number of carbonyl (C=O) groups is 2. The van der Waals surface area contributed by atoms with Gasteiger partial charge in [0.05, 0.1) is 0 Å². The number of aliphatic carboxylic acids is 1. The average Bonchev–Trinajstić information content (AvgIpc) is 2.86. The van der Waals surface area contributed by atoms with Gasteiger partial charge in [-0.15, -0.1) is 0 Å². The van der Waals surface area contributed by atoms with Crippen LogP contribution in [-0.4, -0.2) is 49.8 Å². The molecule has 0 unspecified atom stereocenters. The molecule has 0 aromatic carbocycles. The van der Waals surface area contributed by atoms with E-state index >= 15 is 0 Å². The molecule has 0 spiro atoms. The summed E-state index contributed by atoms with van der Waals surface area (Å²) in [7, 11) is 1.36. The van der Waals surface area contributed by atoms with E-state index in [1.54, 1.807) is 0 Å². The highest BCUT2D eigenvalue weighted by molar-refractivity contribution is 7.99. The van der Waals surface area contributed by atoms with Crippen molar-refractivity contribution in [2.24, 2.45) is 0 Å². The van der Waals surface area contributed by atoms with Crippen LogP contribution in [0.15, 0.2) is 16.1 Å². The number of hydrogen-bond acceptors (Lipinski definition) is 5. The number of likely N-dealkylation sites (N-methyl/N-ethyl adjacent to an activating group) is 1. The maximum Gasteiger partial charge on any atom is 0.329 e. The summed E-state index contributed by atoms with van der Waals surface area (Å²) in [5.41, 5.74) is -1.92. The van der Waals surface area contributed by atoms with Crippen molar-refractivity contribution in [2.75, 3.05) is 12.8 Å². The Morgan fingerprint density at radius 2 is 2.15 bits per heavy atom. The molecular weight excluding hydrogens is 282 g/mol. The van der Waals surface area contributed by atoms with Crippen LogP contribution in [0.3, 0.4) is 0 Å². The van der Waals surface area contributed by atoms with E-state index < -0.39 is 23.0 Å². The van der Waals surface area contributed by atoms with E-state index in [4.69, 9.17) is 5.11 Å². The van der Waals surface area contributed by atoms with E-state index in [0.717, 1.165) is 10.7 Å². The number of aromatic nitrogens is 2. The molecule has 8 heteroatoms. The molecule has 0 saturated carbocycles. The van der Waals surface area contributed by atoms with Crippen LogP contribution < -0.4 is 5.56 Å². The summed E-state index contributed by atoms with van der Waals surface area (Å²) < 4.78 is 1.44. The third-order valence-corrected chi connectivity index (χ3v) is 4.42. The van der Waals surface area contributed by atoms with Gasteiger partial charge in [0.1, 0.15) is 11.1 Å². The van der Waals surface area contributed by atoms with E-state index in [1.807, 2.05) is 0 Å². The zero-order chi connectivity index (χ0) is 15.1. The van der Waals surface area contributed by atoms with Gasteiger partial charge < -0.3 is 10.0 Å². The SMILES string of the molecule is CN(C(=O)c1cnc2n(c1=O)CCS2)C(C)(C)C(=O)O. The number of nitrogens with zero attached hydrogens (tertiary/aromatic N) is 3. The molecule has 2 heterocycles. The molecule has 0 saturated heterocycles. The molecule has 0 bridgehead atoms. The van der Waals surface area contributed by atoms with E-state index in [0.29, 0.717) is 11.7 Å². The third-order valence-electron chi connectivity index (χ3n) is 3.45. The number of thioether (sulfide) groups is 1. The lowest BCUT2D eigenvalue weighted by Gasteiger charge is -2.31. The predicted molar refractivity (Wildman–Crippen MR) is 73.0 cm³/mol. The van der Waals surface area contributed by atoms with E-state index in [2.05, 4.69) is 4.98 Å². The first kappa shape index (κ1) is 14.6. The smallest absolute Gasteiger partial charge is 0.329 e. The predicted octanol–water partition coefficient (Wildman–Crippen LogP) is 0.284. The minimum absolute atomic E-state index is 0.104. The number of carbonyl (C=O) groups excluding carboxylic acids is 1. The van der Waals surface area contributed by atoms with Crippen LogP contribution >= 0.6 is 11.8 Å². The first-order valence-electron chi connectivity index (χ1n) is 6.01. The van der Waals surface area contributed by atoms with Gasteiger partial charge in [-0.05, 0) is 13.8 Å². The van der Waals surface area contributed by atoms with Crippen LogP contribution in [0.5, 0.6) is 0 Å². The summed E-state index contributed by atoms with van der Waals surface area (Å²) >= 11 is 1.45. The number of hydrogen-bond donors (Lipinski definition) is 1. The molecule has 1 aromatic heterocycles. The molecule has 1 aliphatic rings. The standard InChI is InChI=1S/C12H15N3O4S/c1-12(2,10(18)19)14(3)8(16)7-6-13-11-15(9(7)17)4-5-20-11/h6H,4-5H2,1-3H3,(H,18,19). The lowest BCUT2D eigenvalue weighted by Crippen LogP contribution is -2.52. The molecular formula is C12H15N3O4S. The normalized spacial score (nSPS) is 13.9. The van der Waals surface area contributed by atoms with Crippen molar-refractivity contribution in [2.45, 2.75) is 31.1 Å². The molecule has 1 aromatic rings. The molecule has 20 heavy (non-hydrogen) atoms. The quantitative estimate of drug-likeness (QED) is 0.806. The van der Waals surface area contributed by atoms with Gasteiger partial charge >= 0.3 is 5.97 Å². The van der Waals surface area contributed by atoms with Crippen LogP contribution in [0.2, 0.25) is 0 Å². The maximum absolute atomic E-state index is 12.3. The van der Waals surface area contributed by atoms with Gasteiger partial charge in [-0.1, -0.05) is 11.8 Å². The summed E-state index contributed by atoms with van der Waals surface area (Å²) in [6.07, 6.45) is 1.23. The third kappa shape index (κ3) is 2.20. The lowest BCUT2D eigenvalue weighted by atomic mass is 10.0. The Kier molecular flexibility index (Phi) is 3.59. The Hall–Kier alpha value is -1.83. The minimum atomic E-state index is -1.40. The molecule has 7 nitrogen and oxygen atoms in total. The van der Waals surface area contributed by atoms with Crippen LogP contribution in [0.25, 0.3) is 0 Å². The summed E-state index contributed by atoms with van der Waals surface area (Å²) in [6.45, 7) is 3.32. The fourth-order valence-electron chi connectivity index (χ4n) is 1.74. The molecule has 1 amide bonds. The highest BCUT2D eigenvalue weighted by Gasteiger charge is 2.37. The summed E-state index contributed by atoms with van der Waals surface area (Å²) in [5, 5.41) is 9.72. The van der Waals surface area contributed by atoms with Crippen LogP contribution in [0, 0.1) is 0 Å². The Morgan fingerprint density at radius 1 is 1.50 bits per heavy atom. The van der Waals surface area contributed by atoms with Gasteiger partial charge in [0, 0.05) is 25.5 Å². The van der Waals surface area contributed by atoms with Gasteiger partial charge in [0.25, 0.3) is 11.5 Å². The molecule has 0 atom stereocenters. The van der Waals surface area contributed by atoms with Crippen LogP contribution in [-0.2, 0) is 11.3 Å². The number of rotatable bonds is 3. The summed E-state index contributed by atoms with van der Waals surface area (Å²) in [5.74, 6) is -1.03. The van der Waals surface area contributed by atoms with E-state index in [1.165, 1.54) is 43.4 Å². The second-order valence-corrected chi connectivity index (χ2v) is 6.05. The number of carboxylic acid groups (broad SMARTS) is 1. The Balaban J connectivity index is 2.41. The molecule has 108 valence electrons. The van der Waals surface area contributed by atoms with Crippen molar-refractivity contribution >= 4 is 23.6 Å². The van der Waals surface area contributed by atoms with Crippen LogP contribution in [0.4, 0.5) is 0 Å². The lowest BCUT2D eigenvalue weighted by molar-refractivity contribution is -0.147. The summed E-state index contributed by atoms with van der Waals surface area (Å²) in [4.78, 5) is 40.8. The number of carboxylic acids is 1. The first-order valence-corrected chi connectivity index (χ1v) is 6.99. The second kappa shape index (κ2) is 4.93. The highest BCUT2D eigenvalue weighted by Crippen LogP contribution is 2.21. The molecule has 0 radical (unpaired) electrons. The molecule has 1 N–H and O–H groups in total. The van der Waals surface area contributed by atoms with Crippen molar-refractivity contribution in [3.63, 3.8) is 0 Å². The van der Waals surface area contributed by atoms with Crippen molar-refractivity contribution in [3.05, 3.63) is 22.1 Å². The maximum atomic E-state index is 12.3. The van der Waals surface area contributed by atoms with Gasteiger partial charge in [-0.25, -0.2) is 9.78 Å². The molecule has 1 aliphatic heterocycles. The van der Waals surface area contributed by atoms with Crippen molar-refractivity contribution in [1.82, 2.24) is 14.5 Å². The van der Waals surface area contributed by atoms with Gasteiger partial charge in [0.2, 0.25) is 0 Å². The Bertz CT molecular complexity index is 638. The topological polar surface area (TPSA) is 92.5 Å². The zero-order valence-electron chi connectivity index (χ0n) is 11.4. The largest absolute Gasteiger partial charge is 0.480 e. The number of amides is 1. The Labute approximate surface area is 119 Å².